The van der Waals surface area contributed by atoms with Gasteiger partial charge in [0.2, 0.25) is 0 Å². The van der Waals surface area contributed by atoms with Crippen molar-refractivity contribution in [2.45, 2.75) is 40.2 Å². The van der Waals surface area contributed by atoms with Crippen molar-refractivity contribution >= 4 is 5.82 Å². The summed E-state index contributed by atoms with van der Waals surface area (Å²) >= 11 is 0. The van der Waals surface area contributed by atoms with Gasteiger partial charge in [-0.2, -0.15) is 0 Å². The summed E-state index contributed by atoms with van der Waals surface area (Å²) in [6.45, 7) is 8.84. The molecule has 0 aromatic carbocycles. The predicted molar refractivity (Wildman–Crippen MR) is 70.1 cm³/mol. The van der Waals surface area contributed by atoms with Crippen molar-refractivity contribution in [3.8, 4) is 0 Å². The third-order valence-corrected chi connectivity index (χ3v) is 2.28. The Kier molecular flexibility index (Phi) is 4.28. The van der Waals surface area contributed by atoms with Crippen LogP contribution in [0.25, 0.3) is 0 Å². The molecule has 0 fully saturated rings. The van der Waals surface area contributed by atoms with Gasteiger partial charge in [-0.05, 0) is 18.8 Å². The van der Waals surface area contributed by atoms with Gasteiger partial charge >= 0.3 is 0 Å². The van der Waals surface area contributed by atoms with Gasteiger partial charge in [-0.3, -0.25) is 4.79 Å². The number of hydrogen-bond donors (Lipinski definition) is 3. The zero-order valence-electron chi connectivity index (χ0n) is 11.0. The Bertz CT molecular complexity index is 419. The van der Waals surface area contributed by atoms with Gasteiger partial charge in [-0.15, -0.1) is 0 Å². The van der Waals surface area contributed by atoms with Crippen molar-refractivity contribution in [1.82, 2.24) is 9.97 Å². The van der Waals surface area contributed by atoms with Crippen LogP contribution >= 0.6 is 0 Å². The number of nitrogens with two attached hydrogens (primary N) is 1. The Morgan fingerprint density at radius 1 is 1.53 bits per heavy atom. The molecule has 1 aromatic heterocycles. The van der Waals surface area contributed by atoms with E-state index in [0.29, 0.717) is 18.2 Å². The molecule has 0 aliphatic heterocycles. The highest BCUT2D eigenvalue weighted by Crippen LogP contribution is 2.19. The van der Waals surface area contributed by atoms with E-state index >= 15 is 0 Å². The van der Waals surface area contributed by atoms with Crippen LogP contribution in [0.2, 0.25) is 0 Å². The minimum atomic E-state index is -0.149. The molecule has 0 radical (unpaired) electrons. The normalized spacial score (nSPS) is 13.5. The monoisotopic (exact) mass is 238 g/mol. The van der Waals surface area contributed by atoms with Gasteiger partial charge in [0, 0.05) is 18.7 Å². The molecule has 0 aliphatic carbocycles. The van der Waals surface area contributed by atoms with E-state index in [0.717, 1.165) is 6.42 Å². The van der Waals surface area contributed by atoms with E-state index in [1.807, 2.05) is 0 Å². The summed E-state index contributed by atoms with van der Waals surface area (Å²) in [5, 5.41) is 3.09. The number of aromatic amines is 1. The van der Waals surface area contributed by atoms with E-state index in [4.69, 9.17) is 5.73 Å². The molecule has 0 spiro atoms. The molecule has 0 aliphatic rings. The first-order valence-corrected chi connectivity index (χ1v) is 5.84. The van der Waals surface area contributed by atoms with Crippen molar-refractivity contribution in [2.75, 3.05) is 11.9 Å². The molecule has 0 saturated carbocycles. The quantitative estimate of drug-likeness (QED) is 0.737. The van der Waals surface area contributed by atoms with E-state index in [1.54, 1.807) is 6.92 Å². The second kappa shape index (κ2) is 5.31. The van der Waals surface area contributed by atoms with E-state index in [9.17, 15) is 4.79 Å². The molecule has 1 rings (SSSR count). The van der Waals surface area contributed by atoms with E-state index in [1.165, 1.54) is 6.07 Å². The number of nitrogens with one attached hydrogen (secondary N) is 2. The Morgan fingerprint density at radius 2 is 2.18 bits per heavy atom. The first-order valence-electron chi connectivity index (χ1n) is 5.84. The Labute approximate surface area is 102 Å². The van der Waals surface area contributed by atoms with Crippen LogP contribution in [0, 0.1) is 12.3 Å². The highest BCUT2D eigenvalue weighted by molar-refractivity contribution is 5.32. The lowest BCUT2D eigenvalue weighted by molar-refractivity contribution is 0.344. The maximum Gasteiger partial charge on any atom is 0.252 e. The van der Waals surface area contributed by atoms with Crippen LogP contribution in [0.15, 0.2) is 10.9 Å². The van der Waals surface area contributed by atoms with Crippen LogP contribution in [-0.2, 0) is 0 Å². The molecular weight excluding hydrogens is 216 g/mol. The average Bonchev–Trinajstić information content (AvgIpc) is 2.10. The number of aryl methyl sites for hydroxylation is 1. The standard InChI is InChI=1S/C12H22N4O/c1-8-15-10(5-11(17)16-8)14-7-9(13)6-12(2,3)4/h5,9H,6-7,13H2,1-4H3,(H2,14,15,16,17). The maximum atomic E-state index is 11.2. The Hall–Kier alpha value is -1.36. The fourth-order valence-electron chi connectivity index (χ4n) is 1.76. The molecule has 5 heteroatoms. The second-order valence-corrected chi connectivity index (χ2v) is 5.62. The van der Waals surface area contributed by atoms with E-state index < -0.39 is 0 Å². The minimum Gasteiger partial charge on any atom is -0.368 e. The molecule has 5 nitrogen and oxygen atoms in total. The molecule has 4 N–H and O–H groups in total. The van der Waals surface area contributed by atoms with E-state index in [-0.39, 0.29) is 17.0 Å². The fraction of sp³-hybridized carbons (Fsp3) is 0.667. The summed E-state index contributed by atoms with van der Waals surface area (Å²) in [5.41, 5.74) is 6.07. The molecule has 1 unspecified atom stereocenters. The highest BCUT2D eigenvalue weighted by Gasteiger charge is 2.15. The zero-order chi connectivity index (χ0) is 13.1. The minimum absolute atomic E-state index is 0.0522. The summed E-state index contributed by atoms with van der Waals surface area (Å²) in [6, 6.07) is 1.49. The van der Waals surface area contributed by atoms with Gasteiger partial charge in [0.1, 0.15) is 11.6 Å². The topological polar surface area (TPSA) is 83.8 Å². The number of H-pyrrole nitrogens is 1. The smallest absolute Gasteiger partial charge is 0.252 e. The molecule has 0 amide bonds. The third kappa shape index (κ3) is 5.49. The number of aromatic nitrogens is 2. The molecule has 1 aromatic rings. The van der Waals surface area contributed by atoms with Crippen molar-refractivity contribution in [3.05, 3.63) is 22.2 Å². The van der Waals surface area contributed by atoms with Gasteiger partial charge in [0.15, 0.2) is 0 Å². The number of nitrogens with zero attached hydrogens (tertiary/aromatic N) is 1. The second-order valence-electron chi connectivity index (χ2n) is 5.62. The average molecular weight is 238 g/mol. The molecular formula is C12H22N4O. The zero-order valence-corrected chi connectivity index (χ0v) is 11.0. The van der Waals surface area contributed by atoms with Gasteiger partial charge in [0.05, 0.1) is 0 Å². The van der Waals surface area contributed by atoms with Gasteiger partial charge in [-0.25, -0.2) is 4.98 Å². The summed E-state index contributed by atoms with van der Waals surface area (Å²) in [5.74, 6) is 1.18. The molecule has 0 saturated heterocycles. The lowest BCUT2D eigenvalue weighted by Gasteiger charge is -2.23. The van der Waals surface area contributed by atoms with Crippen LogP contribution in [0.4, 0.5) is 5.82 Å². The summed E-state index contributed by atoms with van der Waals surface area (Å²) in [7, 11) is 0. The van der Waals surface area contributed by atoms with Crippen LogP contribution in [-0.4, -0.2) is 22.6 Å². The third-order valence-electron chi connectivity index (χ3n) is 2.28. The van der Waals surface area contributed by atoms with E-state index in [2.05, 4.69) is 36.1 Å². The van der Waals surface area contributed by atoms with Gasteiger partial charge in [0.25, 0.3) is 5.56 Å². The van der Waals surface area contributed by atoms with Crippen LogP contribution in [0.3, 0.4) is 0 Å². The SMILES string of the molecule is Cc1nc(NCC(N)CC(C)(C)C)cc(=O)[nH]1. The Morgan fingerprint density at radius 3 is 2.71 bits per heavy atom. The molecule has 1 heterocycles. The number of rotatable bonds is 4. The number of anilines is 1. The van der Waals surface area contributed by atoms with Crippen molar-refractivity contribution in [2.24, 2.45) is 11.1 Å². The first-order chi connectivity index (χ1) is 7.76. The molecule has 0 bridgehead atoms. The maximum absolute atomic E-state index is 11.2. The summed E-state index contributed by atoms with van der Waals surface area (Å²) < 4.78 is 0. The van der Waals surface area contributed by atoms with Gasteiger partial charge in [-0.1, -0.05) is 20.8 Å². The molecule has 1 atom stereocenters. The van der Waals surface area contributed by atoms with Crippen molar-refractivity contribution < 1.29 is 0 Å². The summed E-state index contributed by atoms with van der Waals surface area (Å²) in [6.07, 6.45) is 0.919. The van der Waals surface area contributed by atoms with Crippen LogP contribution < -0.4 is 16.6 Å². The van der Waals surface area contributed by atoms with Crippen molar-refractivity contribution in [3.63, 3.8) is 0 Å². The fourth-order valence-corrected chi connectivity index (χ4v) is 1.76. The Balaban J connectivity index is 2.53. The lowest BCUT2D eigenvalue weighted by Crippen LogP contribution is -2.33. The van der Waals surface area contributed by atoms with Crippen LogP contribution in [0.1, 0.15) is 33.0 Å². The highest BCUT2D eigenvalue weighted by atomic mass is 16.1. The molecule has 96 valence electrons. The molecule has 17 heavy (non-hydrogen) atoms. The first kappa shape index (κ1) is 13.7. The summed E-state index contributed by atoms with van der Waals surface area (Å²) in [4.78, 5) is 18.0. The largest absolute Gasteiger partial charge is 0.368 e. The van der Waals surface area contributed by atoms with Crippen LogP contribution in [0.5, 0.6) is 0 Å². The predicted octanol–water partition coefficient (Wildman–Crippen LogP) is 1.25. The van der Waals surface area contributed by atoms with Crippen molar-refractivity contribution in [1.29, 1.82) is 0 Å². The number of hydrogen-bond acceptors (Lipinski definition) is 4. The van der Waals surface area contributed by atoms with Gasteiger partial charge < -0.3 is 16.0 Å². The lowest BCUT2D eigenvalue weighted by atomic mass is 9.88.